The van der Waals surface area contributed by atoms with Gasteiger partial charge in [-0.2, -0.15) is 0 Å². The number of fused-ring (bicyclic) bond motifs is 1. The summed E-state index contributed by atoms with van der Waals surface area (Å²) in [5.74, 6) is -1.01. The van der Waals surface area contributed by atoms with Crippen LogP contribution in [-0.2, 0) is 16.1 Å². The maximum atomic E-state index is 12.7. The van der Waals surface area contributed by atoms with Crippen molar-refractivity contribution >= 4 is 41.0 Å². The number of rotatable bonds is 6. The normalized spacial score (nSPS) is 13.8. The van der Waals surface area contributed by atoms with Gasteiger partial charge in [-0.1, -0.05) is 23.2 Å². The lowest BCUT2D eigenvalue weighted by Gasteiger charge is -2.20. The average Bonchev–Trinajstić information content (AvgIpc) is 3.36. The zero-order valence-electron chi connectivity index (χ0n) is 16.9. The highest BCUT2D eigenvalue weighted by molar-refractivity contribution is 6.43. The third kappa shape index (κ3) is 3.94. The lowest BCUT2D eigenvalue weighted by atomic mass is 10.1. The van der Waals surface area contributed by atoms with Crippen molar-refractivity contribution in [3.8, 4) is 17.2 Å². The van der Waals surface area contributed by atoms with Gasteiger partial charge in [-0.25, -0.2) is 9.78 Å². The minimum atomic E-state index is -1.16. The van der Waals surface area contributed by atoms with Crippen LogP contribution in [0.15, 0.2) is 47.1 Å². The summed E-state index contributed by atoms with van der Waals surface area (Å²) in [7, 11) is 1.57. The van der Waals surface area contributed by atoms with Crippen LogP contribution >= 0.6 is 23.2 Å². The van der Waals surface area contributed by atoms with Crippen molar-refractivity contribution in [2.45, 2.75) is 19.6 Å². The lowest BCUT2D eigenvalue weighted by Crippen LogP contribution is -2.43. The van der Waals surface area contributed by atoms with Crippen molar-refractivity contribution in [3.63, 3.8) is 0 Å². The summed E-state index contributed by atoms with van der Waals surface area (Å²) >= 11 is 11.9. The number of aromatic nitrogens is 1. The summed E-state index contributed by atoms with van der Waals surface area (Å²) in [4.78, 5) is 43.0. The lowest BCUT2D eigenvalue weighted by molar-refractivity contribution is -0.149. The molecule has 0 saturated heterocycles. The van der Waals surface area contributed by atoms with E-state index in [1.54, 1.807) is 31.4 Å². The molecule has 0 bridgehead atoms. The predicted octanol–water partition coefficient (Wildman–Crippen LogP) is 4.38. The van der Waals surface area contributed by atoms with Gasteiger partial charge in [0.1, 0.15) is 30.4 Å². The SMILES string of the molecule is COc1ccc(-c2nc(COC(=O)[C@H](C)N3C(=O)c4cc(Cl)c(Cl)cc4C3=O)co2)cc1. The Morgan fingerprint density at radius 1 is 1.09 bits per heavy atom. The molecular formula is C22H16Cl2N2O6. The molecule has 0 saturated carbocycles. The van der Waals surface area contributed by atoms with Gasteiger partial charge in [0.15, 0.2) is 0 Å². The van der Waals surface area contributed by atoms with E-state index in [2.05, 4.69) is 4.98 Å². The Morgan fingerprint density at radius 2 is 1.69 bits per heavy atom. The molecule has 1 aromatic heterocycles. The molecule has 0 N–H and O–H groups in total. The molecule has 0 fully saturated rings. The Morgan fingerprint density at radius 3 is 2.25 bits per heavy atom. The third-order valence-corrected chi connectivity index (χ3v) is 5.66. The van der Waals surface area contributed by atoms with Gasteiger partial charge in [-0.3, -0.25) is 14.5 Å². The molecule has 32 heavy (non-hydrogen) atoms. The summed E-state index contributed by atoms with van der Waals surface area (Å²) in [6.45, 7) is 1.21. The summed E-state index contributed by atoms with van der Waals surface area (Å²) in [6.07, 6.45) is 1.36. The number of carbonyl (C=O) groups excluding carboxylic acids is 3. The quantitative estimate of drug-likeness (QED) is 0.385. The van der Waals surface area contributed by atoms with E-state index in [1.165, 1.54) is 25.3 Å². The van der Waals surface area contributed by atoms with Crippen LogP contribution < -0.4 is 4.74 Å². The highest BCUT2D eigenvalue weighted by Gasteiger charge is 2.42. The molecule has 8 nitrogen and oxygen atoms in total. The van der Waals surface area contributed by atoms with E-state index >= 15 is 0 Å². The largest absolute Gasteiger partial charge is 0.497 e. The fourth-order valence-corrected chi connectivity index (χ4v) is 3.54. The number of methoxy groups -OCH3 is 1. The van der Waals surface area contributed by atoms with E-state index in [4.69, 9.17) is 37.1 Å². The van der Waals surface area contributed by atoms with E-state index in [1.807, 2.05) is 0 Å². The Labute approximate surface area is 192 Å². The van der Waals surface area contributed by atoms with Crippen LogP contribution in [0.4, 0.5) is 0 Å². The molecule has 2 aromatic carbocycles. The first-order valence-corrected chi connectivity index (χ1v) is 10.2. The molecule has 3 aromatic rings. The molecule has 1 aliphatic heterocycles. The maximum Gasteiger partial charge on any atom is 0.329 e. The first-order chi connectivity index (χ1) is 15.3. The summed E-state index contributed by atoms with van der Waals surface area (Å²) in [6, 6.07) is 8.56. The second-order valence-corrected chi connectivity index (χ2v) is 7.76. The molecular weight excluding hydrogens is 459 g/mol. The Hall–Kier alpha value is -3.36. The second kappa shape index (κ2) is 8.64. The monoisotopic (exact) mass is 474 g/mol. The molecule has 2 amide bonds. The van der Waals surface area contributed by atoms with Crippen LogP contribution in [0.2, 0.25) is 10.0 Å². The van der Waals surface area contributed by atoms with E-state index in [0.717, 1.165) is 10.5 Å². The van der Waals surface area contributed by atoms with Crippen molar-refractivity contribution in [2.75, 3.05) is 7.11 Å². The number of oxazole rings is 1. The molecule has 164 valence electrons. The number of amides is 2. The first kappa shape index (κ1) is 21.9. The van der Waals surface area contributed by atoms with Gasteiger partial charge in [0.2, 0.25) is 5.89 Å². The number of nitrogens with zero attached hydrogens (tertiary/aromatic N) is 2. The minimum Gasteiger partial charge on any atom is -0.497 e. The standard InChI is InChI=1S/C22H16Cl2N2O6/c1-11(26-20(27)15-7-17(23)18(24)8-16(15)21(26)28)22(29)32-10-13-9-31-19(25-13)12-3-5-14(30-2)6-4-12/h3-9,11H,10H2,1-2H3/t11-/m0/s1. The zero-order chi connectivity index (χ0) is 23.0. The number of halogens is 2. The van der Waals surface area contributed by atoms with E-state index in [0.29, 0.717) is 17.3 Å². The van der Waals surface area contributed by atoms with Crippen LogP contribution in [0.3, 0.4) is 0 Å². The van der Waals surface area contributed by atoms with Crippen molar-refractivity contribution in [3.05, 3.63) is 69.5 Å². The smallest absolute Gasteiger partial charge is 0.329 e. The minimum absolute atomic E-state index is 0.0877. The average molecular weight is 475 g/mol. The van der Waals surface area contributed by atoms with E-state index in [-0.39, 0.29) is 27.8 Å². The molecule has 0 aliphatic carbocycles. The number of hydrogen-bond acceptors (Lipinski definition) is 7. The fraction of sp³-hybridized carbons (Fsp3) is 0.182. The number of esters is 1. The summed E-state index contributed by atoms with van der Waals surface area (Å²) in [5, 5.41) is 0.282. The van der Waals surface area contributed by atoms with Crippen molar-refractivity contribution in [2.24, 2.45) is 0 Å². The van der Waals surface area contributed by atoms with Crippen LogP contribution in [0, 0.1) is 0 Å². The molecule has 10 heteroatoms. The van der Waals surface area contributed by atoms with Crippen LogP contribution in [0.1, 0.15) is 33.3 Å². The Balaban J connectivity index is 1.42. The number of carbonyl (C=O) groups is 3. The molecule has 1 aliphatic rings. The van der Waals surface area contributed by atoms with Gasteiger partial charge < -0.3 is 13.9 Å². The number of hydrogen-bond donors (Lipinski definition) is 0. The van der Waals surface area contributed by atoms with Crippen LogP contribution in [0.25, 0.3) is 11.5 Å². The van der Waals surface area contributed by atoms with E-state index < -0.39 is 23.8 Å². The summed E-state index contributed by atoms with van der Waals surface area (Å²) in [5.41, 5.74) is 1.27. The number of ether oxygens (including phenoxy) is 2. The molecule has 2 heterocycles. The van der Waals surface area contributed by atoms with Crippen LogP contribution in [0.5, 0.6) is 5.75 Å². The number of imide groups is 1. The van der Waals surface area contributed by atoms with Gasteiger partial charge in [0.25, 0.3) is 11.8 Å². The topological polar surface area (TPSA) is 98.9 Å². The second-order valence-electron chi connectivity index (χ2n) is 6.95. The Kier molecular flexibility index (Phi) is 5.90. The molecule has 0 unspecified atom stereocenters. The Bertz CT molecular complexity index is 1180. The predicted molar refractivity (Wildman–Crippen MR) is 115 cm³/mol. The van der Waals surface area contributed by atoms with Gasteiger partial charge in [0, 0.05) is 5.56 Å². The van der Waals surface area contributed by atoms with Gasteiger partial charge >= 0.3 is 5.97 Å². The fourth-order valence-electron chi connectivity index (χ4n) is 3.21. The highest BCUT2D eigenvalue weighted by Crippen LogP contribution is 2.32. The summed E-state index contributed by atoms with van der Waals surface area (Å²) < 4.78 is 15.8. The highest BCUT2D eigenvalue weighted by atomic mass is 35.5. The maximum absolute atomic E-state index is 12.7. The molecule has 4 rings (SSSR count). The van der Waals surface area contributed by atoms with Gasteiger partial charge in [-0.15, -0.1) is 0 Å². The van der Waals surface area contributed by atoms with E-state index in [9.17, 15) is 14.4 Å². The van der Waals surface area contributed by atoms with Gasteiger partial charge in [0.05, 0.1) is 28.3 Å². The van der Waals surface area contributed by atoms with Crippen LogP contribution in [-0.4, -0.2) is 40.8 Å². The zero-order valence-corrected chi connectivity index (χ0v) is 18.4. The van der Waals surface area contributed by atoms with Crippen molar-refractivity contribution in [1.82, 2.24) is 9.88 Å². The molecule has 0 spiro atoms. The molecule has 1 atom stereocenters. The van der Waals surface area contributed by atoms with Gasteiger partial charge in [-0.05, 0) is 43.3 Å². The number of benzene rings is 2. The molecule has 0 radical (unpaired) electrons. The first-order valence-electron chi connectivity index (χ1n) is 9.42. The third-order valence-electron chi connectivity index (χ3n) is 4.94. The van der Waals surface area contributed by atoms with Crippen molar-refractivity contribution < 1.29 is 28.3 Å². The van der Waals surface area contributed by atoms with Crippen molar-refractivity contribution in [1.29, 1.82) is 0 Å².